The van der Waals surface area contributed by atoms with Gasteiger partial charge in [0, 0.05) is 31.1 Å². The van der Waals surface area contributed by atoms with E-state index in [1.807, 2.05) is 13.0 Å². The van der Waals surface area contributed by atoms with E-state index in [0.717, 1.165) is 11.3 Å². The minimum absolute atomic E-state index is 0.00778. The molecule has 0 fully saturated rings. The molecule has 2 rings (SSSR count). The summed E-state index contributed by atoms with van der Waals surface area (Å²) in [4.78, 5) is 13.8. The maximum absolute atomic E-state index is 12.2. The molecule has 1 aromatic carbocycles. The Kier molecular flexibility index (Phi) is 3.78. The van der Waals surface area contributed by atoms with Crippen LogP contribution in [0.1, 0.15) is 12.5 Å². The number of hydrogen-bond acceptors (Lipinski definition) is 3. The Morgan fingerprint density at radius 1 is 1.67 bits per heavy atom. The Balaban J connectivity index is 2.09. The van der Waals surface area contributed by atoms with Crippen LogP contribution in [0.15, 0.2) is 18.2 Å². The van der Waals surface area contributed by atoms with E-state index in [1.54, 1.807) is 24.1 Å². The summed E-state index contributed by atoms with van der Waals surface area (Å²) in [6.07, 6.45) is 0.105. The lowest BCUT2D eigenvalue weighted by Gasteiger charge is -2.26. The van der Waals surface area contributed by atoms with Gasteiger partial charge >= 0.3 is 0 Å². The van der Waals surface area contributed by atoms with Crippen molar-refractivity contribution in [1.82, 2.24) is 4.90 Å². The lowest BCUT2D eigenvalue weighted by Crippen LogP contribution is -2.46. The molecule has 0 saturated carbocycles. The minimum atomic E-state index is -0.461. The van der Waals surface area contributed by atoms with Crippen LogP contribution in [0.4, 0.5) is 0 Å². The first-order chi connectivity index (χ1) is 8.52. The van der Waals surface area contributed by atoms with Gasteiger partial charge in [0.15, 0.2) is 6.10 Å². The van der Waals surface area contributed by atoms with Crippen LogP contribution < -0.4 is 10.5 Å². The molecule has 4 nitrogen and oxygen atoms in total. The van der Waals surface area contributed by atoms with E-state index >= 15 is 0 Å². The molecule has 0 radical (unpaired) electrons. The zero-order valence-corrected chi connectivity index (χ0v) is 11.3. The predicted molar refractivity (Wildman–Crippen MR) is 70.9 cm³/mol. The highest BCUT2D eigenvalue weighted by Gasteiger charge is 2.32. The number of rotatable bonds is 3. The van der Waals surface area contributed by atoms with E-state index in [4.69, 9.17) is 22.1 Å². The number of benzene rings is 1. The lowest BCUT2D eigenvalue weighted by molar-refractivity contribution is -0.138. The topological polar surface area (TPSA) is 55.6 Å². The highest BCUT2D eigenvalue weighted by Crippen LogP contribution is 2.31. The fourth-order valence-electron chi connectivity index (χ4n) is 1.96. The largest absolute Gasteiger partial charge is 0.480 e. The molecule has 98 valence electrons. The minimum Gasteiger partial charge on any atom is -0.480 e. The molecule has 1 aromatic rings. The summed E-state index contributed by atoms with van der Waals surface area (Å²) < 4.78 is 5.65. The second-order valence-electron chi connectivity index (χ2n) is 4.60. The summed E-state index contributed by atoms with van der Waals surface area (Å²) in [5, 5.41) is 0.661. The van der Waals surface area contributed by atoms with Gasteiger partial charge in [-0.1, -0.05) is 11.6 Å². The van der Waals surface area contributed by atoms with Gasteiger partial charge in [-0.25, -0.2) is 0 Å². The van der Waals surface area contributed by atoms with Crippen molar-refractivity contribution in [2.45, 2.75) is 25.5 Å². The van der Waals surface area contributed by atoms with E-state index in [0.29, 0.717) is 18.0 Å². The second-order valence-corrected chi connectivity index (χ2v) is 5.03. The number of ether oxygens (including phenoxy) is 1. The van der Waals surface area contributed by atoms with Gasteiger partial charge in [0.2, 0.25) is 0 Å². The molecular weight excluding hydrogens is 252 g/mol. The van der Waals surface area contributed by atoms with E-state index in [2.05, 4.69) is 0 Å². The molecule has 2 N–H and O–H groups in total. The number of hydrogen-bond donors (Lipinski definition) is 1. The number of carbonyl (C=O) groups excluding carboxylic acids is 1. The zero-order chi connectivity index (χ0) is 13.3. The van der Waals surface area contributed by atoms with Gasteiger partial charge in [-0.3, -0.25) is 4.79 Å². The van der Waals surface area contributed by atoms with Crippen LogP contribution in [-0.2, 0) is 11.2 Å². The third-order valence-electron chi connectivity index (χ3n) is 3.32. The van der Waals surface area contributed by atoms with Crippen LogP contribution in [0.25, 0.3) is 0 Å². The molecule has 0 aliphatic carbocycles. The molecule has 0 bridgehead atoms. The van der Waals surface area contributed by atoms with Gasteiger partial charge in [-0.2, -0.15) is 0 Å². The van der Waals surface area contributed by atoms with Crippen LogP contribution in [0, 0.1) is 0 Å². The Morgan fingerprint density at radius 2 is 2.39 bits per heavy atom. The van der Waals surface area contributed by atoms with Gasteiger partial charge in [0.05, 0.1) is 0 Å². The lowest BCUT2D eigenvalue weighted by atomic mass is 10.1. The number of amides is 1. The highest BCUT2D eigenvalue weighted by atomic mass is 35.5. The normalized spacial score (nSPS) is 19.0. The van der Waals surface area contributed by atoms with Gasteiger partial charge in [-0.15, -0.1) is 0 Å². The summed E-state index contributed by atoms with van der Waals surface area (Å²) in [5.41, 5.74) is 6.54. The Morgan fingerprint density at radius 3 is 3.06 bits per heavy atom. The average molecular weight is 269 g/mol. The molecule has 2 unspecified atom stereocenters. The van der Waals surface area contributed by atoms with E-state index in [9.17, 15) is 4.79 Å². The van der Waals surface area contributed by atoms with Crippen LogP contribution in [-0.4, -0.2) is 36.5 Å². The molecule has 18 heavy (non-hydrogen) atoms. The van der Waals surface area contributed by atoms with Crippen LogP contribution >= 0.6 is 11.6 Å². The first kappa shape index (κ1) is 13.2. The average Bonchev–Trinajstić information content (AvgIpc) is 2.78. The first-order valence-electron chi connectivity index (χ1n) is 5.94. The summed E-state index contributed by atoms with van der Waals surface area (Å²) >= 11 is 5.92. The summed E-state index contributed by atoms with van der Waals surface area (Å²) in [6, 6.07) is 5.42. The molecule has 1 amide bonds. The van der Waals surface area contributed by atoms with E-state index in [1.165, 1.54) is 0 Å². The maximum Gasteiger partial charge on any atom is 0.264 e. The van der Waals surface area contributed by atoms with Crippen LogP contribution in [0.5, 0.6) is 5.75 Å². The molecule has 1 aliphatic rings. The number of nitrogens with zero attached hydrogens (tertiary/aromatic N) is 1. The molecule has 1 heterocycles. The van der Waals surface area contributed by atoms with Crippen molar-refractivity contribution in [3.8, 4) is 5.75 Å². The van der Waals surface area contributed by atoms with Crippen molar-refractivity contribution in [2.75, 3.05) is 13.6 Å². The first-order valence-corrected chi connectivity index (χ1v) is 6.32. The standard InChI is InChI=1S/C13H17ClN2O2/c1-8(7-15)16(2)13(17)12-6-9-5-10(14)3-4-11(9)18-12/h3-5,8,12H,6-7,15H2,1-2H3. The summed E-state index contributed by atoms with van der Waals surface area (Å²) in [7, 11) is 1.75. The molecule has 2 atom stereocenters. The monoisotopic (exact) mass is 268 g/mol. The smallest absolute Gasteiger partial charge is 0.264 e. The van der Waals surface area contributed by atoms with Crippen LogP contribution in [0.3, 0.4) is 0 Å². The molecule has 0 aromatic heterocycles. The van der Waals surface area contributed by atoms with Gasteiger partial charge in [-0.05, 0) is 30.7 Å². The number of halogens is 1. The van der Waals surface area contributed by atoms with Gasteiger partial charge in [0.25, 0.3) is 5.91 Å². The molecular formula is C13H17ClN2O2. The Bertz CT molecular complexity index is 464. The molecule has 1 aliphatic heterocycles. The summed E-state index contributed by atoms with van der Waals surface area (Å²) in [6.45, 7) is 2.35. The molecule has 5 heteroatoms. The number of carbonyl (C=O) groups is 1. The maximum atomic E-state index is 12.2. The fraction of sp³-hybridized carbons (Fsp3) is 0.462. The van der Waals surface area contributed by atoms with Crippen LogP contribution in [0.2, 0.25) is 5.02 Å². The Labute approximate surface area is 112 Å². The summed E-state index contributed by atoms with van der Waals surface area (Å²) in [5.74, 6) is 0.701. The quantitative estimate of drug-likeness (QED) is 0.903. The van der Waals surface area contributed by atoms with E-state index in [-0.39, 0.29) is 11.9 Å². The highest BCUT2D eigenvalue weighted by molar-refractivity contribution is 6.30. The zero-order valence-electron chi connectivity index (χ0n) is 10.5. The number of likely N-dealkylation sites (N-methyl/N-ethyl adjacent to an activating group) is 1. The molecule has 0 spiro atoms. The Hall–Kier alpha value is -1.26. The predicted octanol–water partition coefficient (Wildman–Crippen LogP) is 1.45. The number of fused-ring (bicyclic) bond motifs is 1. The third-order valence-corrected chi connectivity index (χ3v) is 3.56. The van der Waals surface area contributed by atoms with Crippen molar-refractivity contribution in [2.24, 2.45) is 5.73 Å². The second kappa shape index (κ2) is 5.16. The SMILES string of the molecule is CC(CN)N(C)C(=O)C1Cc2cc(Cl)ccc2O1. The fourth-order valence-corrected chi connectivity index (χ4v) is 2.15. The third kappa shape index (κ3) is 2.44. The van der Waals surface area contributed by atoms with Crippen molar-refractivity contribution in [3.63, 3.8) is 0 Å². The van der Waals surface area contributed by atoms with Crippen molar-refractivity contribution in [3.05, 3.63) is 28.8 Å². The number of nitrogens with two attached hydrogens (primary N) is 1. The van der Waals surface area contributed by atoms with Crippen molar-refractivity contribution >= 4 is 17.5 Å². The van der Waals surface area contributed by atoms with E-state index < -0.39 is 6.10 Å². The van der Waals surface area contributed by atoms with Gasteiger partial charge < -0.3 is 15.4 Å². The molecule has 0 saturated heterocycles. The van der Waals surface area contributed by atoms with Crippen molar-refractivity contribution in [1.29, 1.82) is 0 Å². The van der Waals surface area contributed by atoms with Crippen molar-refractivity contribution < 1.29 is 9.53 Å². The van der Waals surface area contributed by atoms with Gasteiger partial charge in [0.1, 0.15) is 5.75 Å².